The predicted octanol–water partition coefficient (Wildman–Crippen LogP) is 6.68. The number of aryl methyl sites for hydroxylation is 3. The Morgan fingerprint density at radius 2 is 1.52 bits per heavy atom. The van der Waals surface area contributed by atoms with Crippen molar-refractivity contribution in [3.8, 4) is 0 Å². The first-order valence-corrected chi connectivity index (χ1v) is 10.1. The molecule has 0 saturated carbocycles. The molecular formula is C26H26ClNO. The molecule has 0 spiro atoms. The van der Waals surface area contributed by atoms with Gasteiger partial charge in [0.25, 0.3) is 5.91 Å². The fraction of sp³-hybridized carbons (Fsp3) is 0.192. The second kappa shape index (κ2) is 9.11. The van der Waals surface area contributed by atoms with Gasteiger partial charge < -0.3 is 5.32 Å². The molecule has 2 nitrogen and oxygen atoms in total. The van der Waals surface area contributed by atoms with E-state index in [9.17, 15) is 4.79 Å². The molecule has 0 aliphatic heterocycles. The zero-order chi connectivity index (χ0) is 21.0. The van der Waals surface area contributed by atoms with Crippen molar-refractivity contribution < 1.29 is 4.79 Å². The molecule has 1 unspecified atom stereocenters. The lowest BCUT2D eigenvalue weighted by Gasteiger charge is -2.20. The summed E-state index contributed by atoms with van der Waals surface area (Å²) in [7, 11) is 0. The van der Waals surface area contributed by atoms with E-state index in [0.717, 1.165) is 16.7 Å². The number of halogens is 1. The van der Waals surface area contributed by atoms with Crippen LogP contribution in [0.4, 0.5) is 0 Å². The number of carbonyl (C=O) groups excluding carboxylic acids is 1. The van der Waals surface area contributed by atoms with Gasteiger partial charge >= 0.3 is 0 Å². The number of nitrogens with one attached hydrogen (secondary N) is 1. The van der Waals surface area contributed by atoms with E-state index >= 15 is 0 Å². The smallest absolute Gasteiger partial charge is 0.252 e. The summed E-state index contributed by atoms with van der Waals surface area (Å²) >= 11 is 6.34. The molecule has 148 valence electrons. The van der Waals surface area contributed by atoms with Gasteiger partial charge in [0.15, 0.2) is 0 Å². The molecule has 1 N–H and O–H groups in total. The van der Waals surface area contributed by atoms with E-state index in [-0.39, 0.29) is 11.9 Å². The summed E-state index contributed by atoms with van der Waals surface area (Å²) < 4.78 is 0. The van der Waals surface area contributed by atoms with Crippen LogP contribution >= 0.6 is 11.6 Å². The minimum absolute atomic E-state index is 0.111. The van der Waals surface area contributed by atoms with Gasteiger partial charge in [-0.2, -0.15) is 0 Å². The van der Waals surface area contributed by atoms with Crippen LogP contribution in [0.15, 0.2) is 66.7 Å². The topological polar surface area (TPSA) is 29.1 Å². The maximum atomic E-state index is 13.3. The van der Waals surface area contributed by atoms with Gasteiger partial charge in [-0.25, -0.2) is 0 Å². The molecular weight excluding hydrogens is 378 g/mol. The maximum Gasteiger partial charge on any atom is 0.252 e. The van der Waals surface area contributed by atoms with Crippen LogP contribution in [0, 0.1) is 20.8 Å². The number of carbonyl (C=O) groups is 1. The summed E-state index contributed by atoms with van der Waals surface area (Å²) in [5, 5.41) is 3.79. The van der Waals surface area contributed by atoms with E-state index < -0.39 is 0 Å². The Labute approximate surface area is 178 Å². The third-order valence-corrected chi connectivity index (χ3v) is 5.58. The summed E-state index contributed by atoms with van der Waals surface area (Å²) in [6.07, 6.45) is 1.85. The lowest BCUT2D eigenvalue weighted by Crippen LogP contribution is -2.28. The molecule has 0 radical (unpaired) electrons. The molecule has 0 bridgehead atoms. The summed E-state index contributed by atoms with van der Waals surface area (Å²) in [5.74, 6) is -0.124. The van der Waals surface area contributed by atoms with Gasteiger partial charge in [0, 0.05) is 10.6 Å². The summed E-state index contributed by atoms with van der Waals surface area (Å²) in [5.41, 5.74) is 7.05. The van der Waals surface area contributed by atoms with Gasteiger partial charge in [-0.15, -0.1) is 0 Å². The highest BCUT2D eigenvalue weighted by atomic mass is 35.5. The zero-order valence-electron chi connectivity index (χ0n) is 17.3. The Hall–Kier alpha value is -2.84. The summed E-state index contributed by atoms with van der Waals surface area (Å²) in [4.78, 5) is 13.3. The monoisotopic (exact) mass is 403 g/mol. The van der Waals surface area contributed by atoms with Crippen molar-refractivity contribution in [2.75, 3.05) is 0 Å². The molecule has 0 fully saturated rings. The van der Waals surface area contributed by atoms with Crippen LogP contribution in [0.25, 0.3) is 11.6 Å². The van der Waals surface area contributed by atoms with Gasteiger partial charge in [0.05, 0.1) is 6.04 Å². The second-order valence-corrected chi connectivity index (χ2v) is 7.84. The van der Waals surface area contributed by atoms with Crippen molar-refractivity contribution in [3.63, 3.8) is 0 Å². The normalized spacial score (nSPS) is 12.5. The highest BCUT2D eigenvalue weighted by Crippen LogP contribution is 2.26. The average Bonchev–Trinajstić information content (AvgIpc) is 2.70. The molecule has 0 aliphatic carbocycles. The summed E-state index contributed by atoms with van der Waals surface area (Å²) in [6, 6.07) is 21.4. The van der Waals surface area contributed by atoms with E-state index in [1.807, 2.05) is 67.6 Å². The van der Waals surface area contributed by atoms with Crippen molar-refractivity contribution >= 4 is 29.2 Å². The van der Waals surface area contributed by atoms with Crippen molar-refractivity contribution in [3.05, 3.63) is 105 Å². The van der Waals surface area contributed by atoms with Gasteiger partial charge in [-0.3, -0.25) is 4.79 Å². The van der Waals surface area contributed by atoms with E-state index in [0.29, 0.717) is 10.6 Å². The van der Waals surface area contributed by atoms with Crippen LogP contribution in [0.2, 0.25) is 5.02 Å². The molecule has 1 atom stereocenters. The second-order valence-electron chi connectivity index (χ2n) is 7.43. The molecule has 29 heavy (non-hydrogen) atoms. The van der Waals surface area contributed by atoms with Crippen LogP contribution in [-0.4, -0.2) is 5.91 Å². The van der Waals surface area contributed by atoms with Crippen molar-refractivity contribution in [1.29, 1.82) is 0 Å². The van der Waals surface area contributed by atoms with Crippen molar-refractivity contribution in [2.45, 2.75) is 33.7 Å². The maximum absolute atomic E-state index is 13.3. The van der Waals surface area contributed by atoms with Crippen molar-refractivity contribution in [2.24, 2.45) is 0 Å². The Kier molecular flexibility index (Phi) is 6.56. The number of hydrogen-bond donors (Lipinski definition) is 1. The van der Waals surface area contributed by atoms with Gasteiger partial charge in [0.1, 0.15) is 0 Å². The molecule has 0 heterocycles. The molecule has 3 aromatic carbocycles. The summed E-state index contributed by atoms with van der Waals surface area (Å²) in [6.45, 7) is 8.31. The minimum Gasteiger partial charge on any atom is -0.345 e. The van der Waals surface area contributed by atoms with Crippen LogP contribution in [0.5, 0.6) is 0 Å². The van der Waals surface area contributed by atoms with Gasteiger partial charge in [-0.05, 0) is 73.2 Å². The third kappa shape index (κ3) is 4.96. The third-order valence-electron chi connectivity index (χ3n) is 5.23. The Morgan fingerprint density at radius 3 is 2.21 bits per heavy atom. The number of hydrogen-bond acceptors (Lipinski definition) is 1. The zero-order valence-corrected chi connectivity index (χ0v) is 18.0. The highest BCUT2D eigenvalue weighted by Gasteiger charge is 2.18. The first kappa shape index (κ1) is 20.9. The average molecular weight is 404 g/mol. The van der Waals surface area contributed by atoms with Crippen LogP contribution in [-0.2, 0) is 4.79 Å². The molecule has 3 heteroatoms. The quantitative estimate of drug-likeness (QED) is 0.373. The van der Waals surface area contributed by atoms with Crippen molar-refractivity contribution in [1.82, 2.24) is 5.32 Å². The van der Waals surface area contributed by atoms with Gasteiger partial charge in [-0.1, -0.05) is 72.3 Å². The van der Waals surface area contributed by atoms with Gasteiger partial charge in [0.2, 0.25) is 0 Å². The van der Waals surface area contributed by atoms with Crippen LogP contribution in [0.3, 0.4) is 0 Å². The molecule has 0 saturated heterocycles. The van der Waals surface area contributed by atoms with Crippen LogP contribution in [0.1, 0.15) is 46.3 Å². The Morgan fingerprint density at radius 1 is 0.897 bits per heavy atom. The number of benzene rings is 3. The first-order chi connectivity index (χ1) is 13.9. The highest BCUT2D eigenvalue weighted by molar-refractivity contribution is 6.33. The molecule has 0 aromatic heterocycles. The largest absolute Gasteiger partial charge is 0.345 e. The van der Waals surface area contributed by atoms with E-state index in [2.05, 4.69) is 38.2 Å². The predicted molar refractivity (Wildman–Crippen MR) is 123 cm³/mol. The minimum atomic E-state index is -0.124. The Bertz CT molecular complexity index is 1050. The van der Waals surface area contributed by atoms with E-state index in [4.69, 9.17) is 11.6 Å². The molecule has 3 rings (SSSR count). The lowest BCUT2D eigenvalue weighted by atomic mass is 9.96. The number of rotatable bonds is 5. The fourth-order valence-electron chi connectivity index (χ4n) is 3.45. The fourth-order valence-corrected chi connectivity index (χ4v) is 3.64. The lowest BCUT2D eigenvalue weighted by molar-refractivity contribution is -0.116. The number of amides is 1. The molecule has 0 aliphatic rings. The van der Waals surface area contributed by atoms with E-state index in [1.54, 1.807) is 0 Å². The van der Waals surface area contributed by atoms with E-state index in [1.165, 1.54) is 16.7 Å². The SMILES string of the molecule is Cc1cc(C)c(C(C)NC(=O)/C(=C/c2ccccc2Cl)c2ccccc2)cc1C. The standard InChI is InChI=1S/C26H26ClNO/c1-17-14-19(3)23(15-18(17)2)20(4)28-26(29)24(21-10-6-5-7-11-21)16-22-12-8-9-13-25(22)27/h5-16,20H,1-4H3,(H,28,29)/b24-16+. The molecule has 1 amide bonds. The van der Waals surface area contributed by atoms with Crippen LogP contribution < -0.4 is 5.32 Å². The first-order valence-electron chi connectivity index (χ1n) is 9.77. The molecule has 3 aromatic rings. The Balaban J connectivity index is 1.96.